The molecule has 1 atom stereocenters. The molecule has 0 spiro atoms. The molecule has 0 heterocycles. The van der Waals surface area contributed by atoms with Crippen LogP contribution in [0.2, 0.25) is 0 Å². The molecule has 0 aliphatic rings. The van der Waals surface area contributed by atoms with E-state index in [1.165, 1.54) is 85.0 Å². The number of esters is 4. The lowest BCUT2D eigenvalue weighted by molar-refractivity contribution is -0.158. The number of hydrogen-bond acceptors (Lipinski definition) is 7. The number of rotatable bonds is 21. The quantitative estimate of drug-likeness (QED) is 0.0418. The Morgan fingerprint density at radius 3 is 1.67 bits per heavy atom. The summed E-state index contributed by atoms with van der Waals surface area (Å²) in [6, 6.07) is 0. The summed E-state index contributed by atoms with van der Waals surface area (Å²) in [7, 11) is 0. The van der Waals surface area contributed by atoms with Crippen LogP contribution < -0.4 is 0 Å². The van der Waals surface area contributed by atoms with Gasteiger partial charge in [-0.2, -0.15) is 0 Å². The summed E-state index contributed by atoms with van der Waals surface area (Å²) in [6.45, 7) is 19.0. The van der Waals surface area contributed by atoms with E-state index in [-0.39, 0.29) is 18.0 Å². The maximum Gasteiger partial charge on any atom is 0.313 e. The molecule has 0 saturated heterocycles. The normalized spacial score (nSPS) is 10.5. The second-order valence-corrected chi connectivity index (χ2v) is 10.4. The van der Waals surface area contributed by atoms with Crippen LogP contribution in [0.3, 0.4) is 0 Å². The molecule has 0 saturated carbocycles. The minimum absolute atomic E-state index is 0.147. The zero-order valence-corrected chi connectivity index (χ0v) is 29.3. The van der Waals surface area contributed by atoms with Crippen molar-refractivity contribution in [2.45, 2.75) is 177 Å². The average molecular weight is 613 g/mol. The summed E-state index contributed by atoms with van der Waals surface area (Å²) in [4.78, 5) is 42.0. The van der Waals surface area contributed by atoms with Crippen LogP contribution in [0.25, 0.3) is 0 Å². The number of carbonyl (C=O) groups is 4. The highest BCUT2D eigenvalue weighted by atomic mass is 16.6. The van der Waals surface area contributed by atoms with Crippen molar-refractivity contribution in [1.82, 2.24) is 0 Å². The van der Waals surface area contributed by atoms with Crippen molar-refractivity contribution in [2.75, 3.05) is 6.61 Å². The number of ether oxygens (including phenoxy) is 3. The van der Waals surface area contributed by atoms with Gasteiger partial charge in [0.05, 0.1) is 6.61 Å². The lowest BCUT2D eigenvalue weighted by Crippen LogP contribution is -2.14. The summed E-state index contributed by atoms with van der Waals surface area (Å²) in [5, 5.41) is 0. The fourth-order valence-electron chi connectivity index (χ4n) is 3.56. The standard InChI is InChI=1S/C10H18O3.C10H20O2.C8H14O2.C8H16/c1-3-4-5-6-7-8-10(12)13-9(2)11;1-4-6-7-8-10(5-2)12-9(3)11;1-3-4-5-6-7-10-8(2)9;1-3-5-7-8-6-4-2/h3-8H2,1-2H3;10H,4-8H2,1-3H3;4-5H,3,6-7H2,1-2H3;3H,1,4-8H2,2H3/b;;5-4-;. The Bertz CT molecular complexity index is 671. The molecule has 7 heteroatoms. The molecule has 0 aliphatic carbocycles. The predicted molar refractivity (Wildman–Crippen MR) is 180 cm³/mol. The topological polar surface area (TPSA) is 96.0 Å². The van der Waals surface area contributed by atoms with E-state index in [0.717, 1.165) is 44.9 Å². The Morgan fingerprint density at radius 1 is 0.651 bits per heavy atom. The van der Waals surface area contributed by atoms with E-state index in [1.54, 1.807) is 0 Å². The van der Waals surface area contributed by atoms with Crippen molar-refractivity contribution in [1.29, 1.82) is 0 Å². The van der Waals surface area contributed by atoms with Crippen molar-refractivity contribution in [3.63, 3.8) is 0 Å². The molecule has 0 N–H and O–H groups in total. The minimum Gasteiger partial charge on any atom is -0.466 e. The molecule has 7 nitrogen and oxygen atoms in total. The van der Waals surface area contributed by atoms with E-state index in [0.29, 0.717) is 13.0 Å². The van der Waals surface area contributed by atoms with Crippen LogP contribution in [0.1, 0.15) is 171 Å². The van der Waals surface area contributed by atoms with Gasteiger partial charge in [-0.15, -0.1) is 6.58 Å². The molecule has 0 rings (SSSR count). The molecule has 0 fully saturated rings. The van der Waals surface area contributed by atoms with Gasteiger partial charge in [0.1, 0.15) is 6.10 Å². The molecule has 0 radical (unpaired) electrons. The van der Waals surface area contributed by atoms with E-state index in [4.69, 9.17) is 9.47 Å². The number of unbranched alkanes of at least 4 members (excludes halogenated alkanes) is 10. The Morgan fingerprint density at radius 2 is 1.21 bits per heavy atom. The Balaban J connectivity index is -0.000000239. The summed E-state index contributed by atoms with van der Waals surface area (Å²) < 4.78 is 14.2. The van der Waals surface area contributed by atoms with Gasteiger partial charge in [-0.05, 0) is 51.4 Å². The van der Waals surface area contributed by atoms with Gasteiger partial charge in [-0.25, -0.2) is 0 Å². The molecule has 0 aromatic rings. The molecule has 0 amide bonds. The van der Waals surface area contributed by atoms with Gasteiger partial charge in [0.2, 0.25) is 0 Å². The van der Waals surface area contributed by atoms with E-state index in [1.807, 2.05) is 12.2 Å². The van der Waals surface area contributed by atoms with Gasteiger partial charge in [0.15, 0.2) is 0 Å². The predicted octanol–water partition coefficient (Wildman–Crippen LogP) is 10.4. The molecule has 0 bridgehead atoms. The number of allylic oxidation sites excluding steroid dienone is 2. The van der Waals surface area contributed by atoms with Crippen LogP contribution in [-0.4, -0.2) is 36.6 Å². The number of carbonyl (C=O) groups excluding carboxylic acids is 4. The zero-order chi connectivity index (χ0) is 33.6. The third-order valence-corrected chi connectivity index (χ3v) is 5.91. The second-order valence-electron chi connectivity index (χ2n) is 10.4. The minimum atomic E-state index is -0.515. The Labute approximate surface area is 265 Å². The SMILES string of the molecule is C=CCCCCCC.CC/C=C\CCOC(C)=O.CCCCCC(CC)OC(C)=O.CCCCCCCC(=O)OC(C)=O. The first-order chi connectivity index (χ1) is 20.6. The number of hydrogen-bond donors (Lipinski definition) is 0. The van der Waals surface area contributed by atoms with Crippen LogP contribution in [-0.2, 0) is 33.4 Å². The van der Waals surface area contributed by atoms with E-state index in [2.05, 4.69) is 52.0 Å². The zero-order valence-electron chi connectivity index (χ0n) is 29.3. The van der Waals surface area contributed by atoms with Crippen LogP contribution in [0.15, 0.2) is 24.8 Å². The molecular weight excluding hydrogens is 544 g/mol. The van der Waals surface area contributed by atoms with Crippen molar-refractivity contribution in [2.24, 2.45) is 0 Å². The lowest BCUT2D eigenvalue weighted by atomic mass is 10.1. The molecular formula is C36H68O7. The first-order valence-corrected chi connectivity index (χ1v) is 16.8. The van der Waals surface area contributed by atoms with Gasteiger partial charge in [-0.1, -0.05) is 111 Å². The van der Waals surface area contributed by atoms with E-state index in [9.17, 15) is 19.2 Å². The Hall–Kier alpha value is -2.44. The monoisotopic (exact) mass is 612 g/mol. The third-order valence-electron chi connectivity index (χ3n) is 5.91. The van der Waals surface area contributed by atoms with Crippen molar-refractivity contribution in [3.05, 3.63) is 24.8 Å². The van der Waals surface area contributed by atoms with E-state index < -0.39 is 11.9 Å². The maximum atomic E-state index is 10.8. The van der Waals surface area contributed by atoms with Crippen molar-refractivity contribution < 1.29 is 33.4 Å². The van der Waals surface area contributed by atoms with Crippen LogP contribution in [0, 0.1) is 0 Å². The van der Waals surface area contributed by atoms with Gasteiger partial charge < -0.3 is 14.2 Å². The summed E-state index contributed by atoms with van der Waals surface area (Å²) >= 11 is 0. The van der Waals surface area contributed by atoms with Crippen molar-refractivity contribution in [3.8, 4) is 0 Å². The van der Waals surface area contributed by atoms with Gasteiger partial charge in [-0.3, -0.25) is 19.2 Å². The van der Waals surface area contributed by atoms with Gasteiger partial charge in [0, 0.05) is 27.2 Å². The molecule has 254 valence electrons. The van der Waals surface area contributed by atoms with Gasteiger partial charge >= 0.3 is 23.9 Å². The fourth-order valence-corrected chi connectivity index (χ4v) is 3.56. The van der Waals surface area contributed by atoms with Gasteiger partial charge in [0.25, 0.3) is 0 Å². The maximum absolute atomic E-state index is 10.8. The highest BCUT2D eigenvalue weighted by Crippen LogP contribution is 2.10. The molecule has 0 aromatic carbocycles. The van der Waals surface area contributed by atoms with E-state index >= 15 is 0 Å². The van der Waals surface area contributed by atoms with Crippen LogP contribution in [0.4, 0.5) is 0 Å². The Kier molecular flexibility index (Phi) is 46.0. The first-order valence-electron chi connectivity index (χ1n) is 16.8. The highest BCUT2D eigenvalue weighted by molar-refractivity contribution is 5.83. The fraction of sp³-hybridized carbons (Fsp3) is 0.778. The summed E-state index contributed by atoms with van der Waals surface area (Å²) in [5.74, 6) is -1.27. The summed E-state index contributed by atoms with van der Waals surface area (Å²) in [5.41, 5.74) is 0. The molecule has 1 unspecified atom stereocenters. The highest BCUT2D eigenvalue weighted by Gasteiger charge is 2.08. The largest absolute Gasteiger partial charge is 0.466 e. The smallest absolute Gasteiger partial charge is 0.313 e. The second kappa shape index (κ2) is 41.7. The van der Waals surface area contributed by atoms with Crippen molar-refractivity contribution >= 4 is 23.9 Å². The first kappa shape index (κ1) is 47.5. The lowest BCUT2D eigenvalue weighted by Gasteiger charge is -2.14. The molecule has 0 aliphatic heterocycles. The molecule has 43 heavy (non-hydrogen) atoms. The molecule has 0 aromatic heterocycles. The van der Waals surface area contributed by atoms with Crippen LogP contribution >= 0.6 is 0 Å². The average Bonchev–Trinajstić information content (AvgIpc) is 2.95. The summed E-state index contributed by atoms with van der Waals surface area (Å²) in [6.07, 6.45) is 26.1. The van der Waals surface area contributed by atoms with Crippen LogP contribution in [0.5, 0.6) is 0 Å². The third kappa shape index (κ3) is 56.0.